The number of carbonyl (C=O) groups excluding carboxylic acids is 1. The lowest BCUT2D eigenvalue weighted by molar-refractivity contribution is -0.229. The Kier molecular flexibility index (Phi) is 5.17. The molecule has 0 N–H and O–H groups in total. The molecule has 2 heteroatoms. The van der Waals surface area contributed by atoms with Gasteiger partial charge in [-0.25, -0.2) is 0 Å². The molecule has 4 fully saturated rings. The molecule has 5 aliphatic carbocycles. The number of fused-ring (bicyclic) bond motifs is 7. The van der Waals surface area contributed by atoms with E-state index in [0.29, 0.717) is 33.5 Å². The molecule has 0 aliphatic heterocycles. The molecule has 5 aliphatic rings. The minimum atomic E-state index is -0.106. The summed E-state index contributed by atoms with van der Waals surface area (Å²) >= 11 is 0. The fourth-order valence-electron chi connectivity index (χ4n) is 11.4. The third kappa shape index (κ3) is 2.88. The molecule has 0 radical (unpaired) electrons. The van der Waals surface area contributed by atoms with Crippen molar-refractivity contribution < 1.29 is 9.53 Å². The maximum atomic E-state index is 11.9. The van der Waals surface area contributed by atoms with Gasteiger partial charge in [0.15, 0.2) is 0 Å². The highest BCUT2D eigenvalue weighted by molar-refractivity contribution is 5.66. The topological polar surface area (TPSA) is 26.3 Å². The molecule has 186 valence electrons. The zero-order chi connectivity index (χ0) is 24.2. The van der Waals surface area contributed by atoms with Crippen LogP contribution in [0.15, 0.2) is 11.1 Å². The molecule has 2 nitrogen and oxygen atoms in total. The molecule has 0 unspecified atom stereocenters. The molecule has 0 spiro atoms. The molecule has 0 aromatic rings. The van der Waals surface area contributed by atoms with Crippen molar-refractivity contribution in [2.24, 2.45) is 50.7 Å². The number of hydrogen-bond donors (Lipinski definition) is 0. The lowest BCUT2D eigenvalue weighted by Crippen LogP contribution is -2.64. The van der Waals surface area contributed by atoms with E-state index in [0.717, 1.165) is 18.3 Å². The van der Waals surface area contributed by atoms with Gasteiger partial charge >= 0.3 is 5.97 Å². The molecule has 0 aromatic heterocycles. The average Bonchev–Trinajstić information content (AvgIpc) is 3.13. The van der Waals surface area contributed by atoms with Crippen molar-refractivity contribution in [3.8, 4) is 0 Å². The highest BCUT2D eigenvalue weighted by atomic mass is 16.5. The zero-order valence-corrected chi connectivity index (χ0v) is 23.1. The van der Waals surface area contributed by atoms with Crippen LogP contribution < -0.4 is 0 Å². The lowest BCUT2D eigenvalue weighted by atomic mass is 9.35. The maximum absolute atomic E-state index is 11.9. The van der Waals surface area contributed by atoms with E-state index in [9.17, 15) is 4.79 Å². The highest BCUT2D eigenvalue weighted by Crippen LogP contribution is 2.79. The second-order valence-corrected chi connectivity index (χ2v) is 14.8. The van der Waals surface area contributed by atoms with Crippen LogP contribution in [0.2, 0.25) is 0 Å². The Morgan fingerprint density at radius 2 is 1.52 bits per heavy atom. The molecular formula is C31H50O2. The first kappa shape index (κ1) is 23.9. The van der Waals surface area contributed by atoms with Gasteiger partial charge in [-0.05, 0) is 103 Å². The summed E-state index contributed by atoms with van der Waals surface area (Å²) in [5.74, 6) is 2.88. The lowest BCUT2D eigenvalue weighted by Gasteiger charge is -2.70. The van der Waals surface area contributed by atoms with Crippen molar-refractivity contribution in [2.75, 3.05) is 0 Å². The second kappa shape index (κ2) is 7.13. The summed E-state index contributed by atoms with van der Waals surface area (Å²) in [7, 11) is 0. The number of carbonyl (C=O) groups is 1. The molecule has 0 bridgehead atoms. The van der Waals surface area contributed by atoms with Crippen LogP contribution in [-0.2, 0) is 9.53 Å². The van der Waals surface area contributed by atoms with Gasteiger partial charge in [-0.1, -0.05) is 66.5 Å². The van der Waals surface area contributed by atoms with E-state index in [1.54, 1.807) is 6.92 Å². The van der Waals surface area contributed by atoms with Crippen LogP contribution in [0.4, 0.5) is 0 Å². The summed E-state index contributed by atoms with van der Waals surface area (Å²) in [5, 5.41) is 0. The van der Waals surface area contributed by atoms with Gasteiger partial charge in [0.1, 0.15) is 6.10 Å². The van der Waals surface area contributed by atoms with E-state index in [-0.39, 0.29) is 17.5 Å². The minimum absolute atomic E-state index is 0.0588. The number of esters is 1. The number of ether oxygens (including phenoxy) is 1. The maximum Gasteiger partial charge on any atom is 0.302 e. The van der Waals surface area contributed by atoms with Crippen LogP contribution in [0.3, 0.4) is 0 Å². The van der Waals surface area contributed by atoms with E-state index < -0.39 is 0 Å². The Balaban J connectivity index is 1.53. The van der Waals surface area contributed by atoms with Gasteiger partial charge in [0.05, 0.1) is 0 Å². The minimum Gasteiger partial charge on any atom is -0.462 e. The smallest absolute Gasteiger partial charge is 0.302 e. The Labute approximate surface area is 203 Å². The van der Waals surface area contributed by atoms with Crippen LogP contribution in [0.1, 0.15) is 120 Å². The third-order valence-electron chi connectivity index (χ3n) is 13.1. The SMILES string of the molecule is CC(=O)O[C@H]1CC[C@@]2(C)[C@@H](CC[C@]3(C)[C@H]2CC[C@H]2[C@@]4(C)CCC(C(C)C)=C4C[C@]23C)C1(C)C. The summed E-state index contributed by atoms with van der Waals surface area (Å²) < 4.78 is 5.90. The fraction of sp³-hybridized carbons (Fsp3) is 0.903. The van der Waals surface area contributed by atoms with Crippen LogP contribution in [0.25, 0.3) is 0 Å². The first-order chi connectivity index (χ1) is 15.2. The van der Waals surface area contributed by atoms with Gasteiger partial charge in [0.25, 0.3) is 0 Å². The van der Waals surface area contributed by atoms with Crippen molar-refractivity contribution >= 4 is 5.97 Å². The zero-order valence-electron chi connectivity index (χ0n) is 23.1. The molecule has 0 saturated heterocycles. The number of hydrogen-bond acceptors (Lipinski definition) is 2. The van der Waals surface area contributed by atoms with Crippen LogP contribution in [-0.4, -0.2) is 12.1 Å². The summed E-state index contributed by atoms with van der Waals surface area (Å²) in [4.78, 5) is 11.9. The molecule has 0 amide bonds. The van der Waals surface area contributed by atoms with E-state index >= 15 is 0 Å². The van der Waals surface area contributed by atoms with E-state index in [1.807, 2.05) is 11.1 Å². The molecule has 5 rings (SSSR count). The number of rotatable bonds is 2. The largest absolute Gasteiger partial charge is 0.462 e. The van der Waals surface area contributed by atoms with Gasteiger partial charge in [-0.3, -0.25) is 4.79 Å². The summed E-state index contributed by atoms with van der Waals surface area (Å²) in [5.41, 5.74) is 5.40. The van der Waals surface area contributed by atoms with Crippen molar-refractivity contribution in [1.82, 2.24) is 0 Å². The van der Waals surface area contributed by atoms with Crippen LogP contribution in [0, 0.1) is 50.7 Å². The molecular weight excluding hydrogens is 404 g/mol. The Morgan fingerprint density at radius 3 is 2.15 bits per heavy atom. The van der Waals surface area contributed by atoms with E-state index in [1.165, 1.54) is 51.4 Å². The van der Waals surface area contributed by atoms with Crippen LogP contribution in [0.5, 0.6) is 0 Å². The first-order valence-corrected chi connectivity index (χ1v) is 14.1. The van der Waals surface area contributed by atoms with Gasteiger partial charge in [0.2, 0.25) is 0 Å². The van der Waals surface area contributed by atoms with Gasteiger partial charge in [0, 0.05) is 12.3 Å². The Bertz CT molecular complexity index is 881. The van der Waals surface area contributed by atoms with Crippen molar-refractivity contribution in [3.63, 3.8) is 0 Å². The Morgan fingerprint density at radius 1 is 0.848 bits per heavy atom. The predicted octanol–water partition coefficient (Wildman–Crippen LogP) is 8.35. The van der Waals surface area contributed by atoms with Crippen LogP contribution >= 0.6 is 0 Å². The monoisotopic (exact) mass is 454 g/mol. The van der Waals surface area contributed by atoms with E-state index in [2.05, 4.69) is 55.4 Å². The summed E-state index contributed by atoms with van der Waals surface area (Å²) in [6, 6.07) is 0. The normalized spacial score (nSPS) is 50.5. The summed E-state index contributed by atoms with van der Waals surface area (Å²) in [6.07, 6.45) is 11.9. The predicted molar refractivity (Wildman–Crippen MR) is 136 cm³/mol. The average molecular weight is 455 g/mol. The Hall–Kier alpha value is -0.790. The first-order valence-electron chi connectivity index (χ1n) is 14.1. The number of allylic oxidation sites excluding steroid dienone is 2. The van der Waals surface area contributed by atoms with E-state index in [4.69, 9.17) is 4.74 Å². The molecule has 8 atom stereocenters. The quantitative estimate of drug-likeness (QED) is 0.309. The van der Waals surface area contributed by atoms with Gasteiger partial charge in [-0.2, -0.15) is 0 Å². The highest BCUT2D eigenvalue weighted by Gasteiger charge is 2.71. The second-order valence-electron chi connectivity index (χ2n) is 14.8. The van der Waals surface area contributed by atoms with Gasteiger partial charge in [-0.15, -0.1) is 0 Å². The molecule has 0 aromatic carbocycles. The van der Waals surface area contributed by atoms with Crippen molar-refractivity contribution in [2.45, 2.75) is 126 Å². The molecule has 33 heavy (non-hydrogen) atoms. The fourth-order valence-corrected chi connectivity index (χ4v) is 11.4. The molecule has 0 heterocycles. The standard InChI is InChI=1S/C31H50O2/c1-19(2)21-12-15-28(6)22(21)18-31(9)24(28)10-11-25-29(7)16-14-26(33-20(3)32)27(4,5)23(29)13-17-30(25,31)8/h19,23-26H,10-18H2,1-9H3/t23-,24-,25-,26-,28-,29-,30+,31+/m0/s1. The van der Waals surface area contributed by atoms with Gasteiger partial charge < -0.3 is 4.74 Å². The third-order valence-corrected chi connectivity index (χ3v) is 13.1. The van der Waals surface area contributed by atoms with Crippen molar-refractivity contribution in [3.05, 3.63) is 11.1 Å². The van der Waals surface area contributed by atoms with Crippen molar-refractivity contribution in [1.29, 1.82) is 0 Å². The summed E-state index contributed by atoms with van der Waals surface area (Å²) in [6.45, 7) is 22.0. The molecule has 4 saturated carbocycles.